The minimum absolute atomic E-state index is 0.0353. The van der Waals surface area contributed by atoms with Gasteiger partial charge < -0.3 is 4.90 Å². The van der Waals surface area contributed by atoms with Gasteiger partial charge in [-0.1, -0.05) is 6.42 Å². The zero-order valence-electron chi connectivity index (χ0n) is 10.00. The molecule has 1 saturated carbocycles. The van der Waals surface area contributed by atoms with Gasteiger partial charge in [0.2, 0.25) is 0 Å². The molecule has 0 aromatic heterocycles. The number of benzene rings is 1. The van der Waals surface area contributed by atoms with Crippen LogP contribution in [-0.2, 0) is 0 Å². The summed E-state index contributed by atoms with van der Waals surface area (Å²) in [5.41, 5.74) is 0.0801. The lowest BCUT2D eigenvalue weighted by Gasteiger charge is -2.21. The number of halogens is 2. The summed E-state index contributed by atoms with van der Waals surface area (Å²) in [5.74, 6) is -0.0723. The maximum absolute atomic E-state index is 13.9. The van der Waals surface area contributed by atoms with E-state index in [1.54, 1.807) is 11.0 Å². The molecule has 18 heavy (non-hydrogen) atoms. The van der Waals surface area contributed by atoms with Crippen molar-refractivity contribution < 1.29 is 8.78 Å². The molecule has 94 valence electrons. The first-order valence-electron chi connectivity index (χ1n) is 6.33. The average Bonchev–Trinajstić information content (AvgIpc) is 2.88. The Kier molecular flexibility index (Phi) is 2.70. The molecule has 4 heteroatoms. The van der Waals surface area contributed by atoms with E-state index in [1.165, 1.54) is 19.3 Å². The lowest BCUT2D eigenvalue weighted by molar-refractivity contribution is 0.494. The van der Waals surface area contributed by atoms with Crippen LogP contribution < -0.4 is 4.90 Å². The molecule has 0 N–H and O–H groups in total. The Morgan fingerprint density at radius 3 is 2.17 bits per heavy atom. The van der Waals surface area contributed by atoms with E-state index in [4.69, 9.17) is 5.26 Å². The van der Waals surface area contributed by atoms with Gasteiger partial charge in [-0.05, 0) is 36.8 Å². The fraction of sp³-hybridized carbons (Fsp3) is 0.500. The molecule has 1 saturated heterocycles. The van der Waals surface area contributed by atoms with Crippen LogP contribution in [0.3, 0.4) is 0 Å². The Bertz CT molecular complexity index is 486. The van der Waals surface area contributed by atoms with Gasteiger partial charge in [-0.2, -0.15) is 5.26 Å². The van der Waals surface area contributed by atoms with Crippen LogP contribution >= 0.6 is 0 Å². The molecule has 0 amide bonds. The van der Waals surface area contributed by atoms with Crippen LogP contribution in [0.4, 0.5) is 14.5 Å². The minimum atomic E-state index is -0.619. The number of hydrogen-bond acceptors (Lipinski definition) is 2. The second-order valence-electron chi connectivity index (χ2n) is 5.26. The largest absolute Gasteiger partial charge is 0.366 e. The van der Waals surface area contributed by atoms with Crippen LogP contribution in [0.1, 0.15) is 24.8 Å². The third-order valence-electron chi connectivity index (χ3n) is 4.19. The summed E-state index contributed by atoms with van der Waals surface area (Å²) in [6, 6.07) is 4.00. The number of nitrogens with zero attached hydrogens (tertiary/aromatic N) is 2. The van der Waals surface area contributed by atoms with Gasteiger partial charge >= 0.3 is 0 Å². The van der Waals surface area contributed by atoms with E-state index in [-0.39, 0.29) is 11.3 Å². The Balaban J connectivity index is 1.92. The topological polar surface area (TPSA) is 27.0 Å². The van der Waals surface area contributed by atoms with Crippen LogP contribution in [0.5, 0.6) is 0 Å². The molecule has 2 aliphatic rings. The highest BCUT2D eigenvalue weighted by Crippen LogP contribution is 2.40. The summed E-state index contributed by atoms with van der Waals surface area (Å²) in [6.45, 7) is 1.48. The van der Waals surface area contributed by atoms with Gasteiger partial charge in [0, 0.05) is 13.1 Å². The monoisotopic (exact) mass is 248 g/mol. The molecule has 1 aromatic carbocycles. The quantitative estimate of drug-likeness (QED) is 0.763. The van der Waals surface area contributed by atoms with Crippen molar-refractivity contribution in [2.75, 3.05) is 18.0 Å². The molecule has 3 rings (SSSR count). The van der Waals surface area contributed by atoms with Crippen molar-refractivity contribution in [3.05, 3.63) is 29.3 Å². The zero-order valence-corrected chi connectivity index (χ0v) is 10.00. The third kappa shape index (κ3) is 1.74. The average molecular weight is 248 g/mol. The van der Waals surface area contributed by atoms with E-state index in [9.17, 15) is 8.78 Å². The van der Waals surface area contributed by atoms with E-state index in [0.29, 0.717) is 11.8 Å². The van der Waals surface area contributed by atoms with Crippen LogP contribution in [0.15, 0.2) is 12.1 Å². The zero-order chi connectivity index (χ0) is 12.7. The molecule has 0 bridgehead atoms. The molecule has 1 heterocycles. The first-order valence-corrected chi connectivity index (χ1v) is 6.33. The Morgan fingerprint density at radius 1 is 1.11 bits per heavy atom. The van der Waals surface area contributed by atoms with Crippen molar-refractivity contribution in [3.8, 4) is 6.07 Å². The van der Waals surface area contributed by atoms with Gasteiger partial charge in [0.05, 0.1) is 11.6 Å². The van der Waals surface area contributed by atoms with E-state index in [1.807, 2.05) is 0 Å². The fourth-order valence-corrected chi connectivity index (χ4v) is 3.35. The normalized spacial score (nSPS) is 26.2. The lowest BCUT2D eigenvalue weighted by Crippen LogP contribution is -2.23. The number of rotatable bonds is 1. The summed E-state index contributed by atoms with van der Waals surface area (Å²) < 4.78 is 27.8. The van der Waals surface area contributed by atoms with E-state index >= 15 is 0 Å². The maximum atomic E-state index is 13.9. The van der Waals surface area contributed by atoms with Gasteiger partial charge in [-0.15, -0.1) is 0 Å². The SMILES string of the molecule is N#Cc1cc(F)c(N2CC3CCCC3C2)c(F)c1. The molecule has 2 fully saturated rings. The first kappa shape index (κ1) is 11.5. The number of nitriles is 1. The first-order chi connectivity index (χ1) is 8.69. The third-order valence-corrected chi connectivity index (χ3v) is 4.19. The van der Waals surface area contributed by atoms with E-state index in [0.717, 1.165) is 25.2 Å². The molecule has 1 aliphatic carbocycles. The molecule has 0 radical (unpaired) electrons. The summed E-state index contributed by atoms with van der Waals surface area (Å²) in [4.78, 5) is 1.81. The molecular weight excluding hydrogens is 234 g/mol. The Hall–Kier alpha value is -1.63. The van der Waals surface area contributed by atoms with Crippen molar-refractivity contribution in [2.45, 2.75) is 19.3 Å². The van der Waals surface area contributed by atoms with Gasteiger partial charge in [0.1, 0.15) is 5.69 Å². The summed E-state index contributed by atoms with van der Waals surface area (Å²) in [5, 5.41) is 8.68. The van der Waals surface area contributed by atoms with E-state index < -0.39 is 11.6 Å². The lowest BCUT2D eigenvalue weighted by atomic mass is 10.0. The van der Waals surface area contributed by atoms with Crippen molar-refractivity contribution >= 4 is 5.69 Å². The Labute approximate surface area is 105 Å². The fourth-order valence-electron chi connectivity index (χ4n) is 3.35. The summed E-state index contributed by atoms with van der Waals surface area (Å²) >= 11 is 0. The maximum Gasteiger partial charge on any atom is 0.150 e. The minimum Gasteiger partial charge on any atom is -0.366 e. The smallest absolute Gasteiger partial charge is 0.150 e. The van der Waals surface area contributed by atoms with Gasteiger partial charge in [-0.25, -0.2) is 8.78 Å². The van der Waals surface area contributed by atoms with Crippen molar-refractivity contribution in [3.63, 3.8) is 0 Å². The summed E-state index contributed by atoms with van der Waals surface area (Å²) in [6.07, 6.45) is 3.57. The van der Waals surface area contributed by atoms with Crippen LogP contribution in [0.2, 0.25) is 0 Å². The standard InChI is InChI=1S/C14H14F2N2/c15-12-4-9(6-17)5-13(16)14(12)18-7-10-2-1-3-11(10)8-18/h4-5,10-11H,1-3,7-8H2. The summed E-state index contributed by atoms with van der Waals surface area (Å²) in [7, 11) is 0. The van der Waals surface area contributed by atoms with E-state index in [2.05, 4.69) is 0 Å². The number of hydrogen-bond donors (Lipinski definition) is 0. The predicted molar refractivity (Wildman–Crippen MR) is 64.1 cm³/mol. The van der Waals surface area contributed by atoms with Gasteiger partial charge in [0.25, 0.3) is 0 Å². The van der Waals surface area contributed by atoms with Crippen LogP contribution in [-0.4, -0.2) is 13.1 Å². The molecule has 2 unspecified atom stereocenters. The molecule has 2 nitrogen and oxygen atoms in total. The highest BCUT2D eigenvalue weighted by Gasteiger charge is 2.37. The Morgan fingerprint density at radius 2 is 1.67 bits per heavy atom. The number of anilines is 1. The molecule has 1 aliphatic heterocycles. The highest BCUT2D eigenvalue weighted by molar-refractivity contribution is 5.53. The molecule has 0 spiro atoms. The van der Waals surface area contributed by atoms with Crippen molar-refractivity contribution in [2.24, 2.45) is 11.8 Å². The van der Waals surface area contributed by atoms with Crippen molar-refractivity contribution in [1.29, 1.82) is 5.26 Å². The van der Waals surface area contributed by atoms with Gasteiger partial charge in [0.15, 0.2) is 11.6 Å². The number of fused-ring (bicyclic) bond motifs is 1. The second kappa shape index (κ2) is 4.24. The predicted octanol–water partition coefficient (Wildman–Crippen LogP) is 3.07. The molecular formula is C14H14F2N2. The van der Waals surface area contributed by atoms with Gasteiger partial charge in [-0.3, -0.25) is 0 Å². The van der Waals surface area contributed by atoms with Crippen LogP contribution in [0.25, 0.3) is 0 Å². The second-order valence-corrected chi connectivity index (χ2v) is 5.26. The highest BCUT2D eigenvalue weighted by atomic mass is 19.1. The van der Waals surface area contributed by atoms with Crippen LogP contribution in [0, 0.1) is 34.8 Å². The molecule has 2 atom stereocenters. The van der Waals surface area contributed by atoms with Crippen molar-refractivity contribution in [1.82, 2.24) is 0 Å². The molecule has 1 aromatic rings.